The van der Waals surface area contributed by atoms with Gasteiger partial charge in [0.05, 0.1) is 11.9 Å². The Morgan fingerprint density at radius 1 is 0.875 bits per heavy atom. The van der Waals surface area contributed by atoms with Crippen molar-refractivity contribution in [1.29, 1.82) is 0 Å². The molecule has 0 aliphatic heterocycles. The predicted molar refractivity (Wildman–Crippen MR) is 120 cm³/mol. The summed E-state index contributed by atoms with van der Waals surface area (Å²) in [4.78, 5) is 24.1. The Morgan fingerprint density at radius 3 is 2.22 bits per heavy atom. The molecule has 2 amide bonds. The van der Waals surface area contributed by atoms with Gasteiger partial charge in [0, 0.05) is 23.0 Å². The molecule has 0 aliphatic carbocycles. The lowest BCUT2D eigenvalue weighted by Crippen LogP contribution is -2.32. The number of halogens is 1. The molecule has 8 heteroatoms. The van der Waals surface area contributed by atoms with Gasteiger partial charge in [0.1, 0.15) is 11.5 Å². The van der Waals surface area contributed by atoms with E-state index < -0.39 is 17.6 Å². The summed E-state index contributed by atoms with van der Waals surface area (Å²) in [6, 6.07) is 24.2. The number of hydrogen-bond acceptors (Lipinski definition) is 4. The van der Waals surface area contributed by atoms with Gasteiger partial charge >= 0.3 is 11.8 Å². The normalized spacial score (nSPS) is 10.8. The van der Waals surface area contributed by atoms with Crippen molar-refractivity contribution in [3.8, 4) is 16.9 Å². The molecule has 0 spiro atoms. The highest BCUT2D eigenvalue weighted by Gasteiger charge is 2.14. The Kier molecular flexibility index (Phi) is 6.12. The minimum Gasteiger partial charge on any atom is -0.318 e. The van der Waals surface area contributed by atoms with Gasteiger partial charge in [0.25, 0.3) is 0 Å². The fourth-order valence-corrected chi connectivity index (χ4v) is 2.95. The number of para-hydroxylation sites is 1. The van der Waals surface area contributed by atoms with Gasteiger partial charge in [-0.25, -0.2) is 14.5 Å². The summed E-state index contributed by atoms with van der Waals surface area (Å²) in [6.45, 7) is 0. The van der Waals surface area contributed by atoms with Gasteiger partial charge in [0.2, 0.25) is 0 Å². The predicted octanol–water partition coefficient (Wildman–Crippen LogP) is 3.77. The number of rotatable bonds is 5. The van der Waals surface area contributed by atoms with Crippen LogP contribution in [0.1, 0.15) is 5.56 Å². The third-order valence-corrected chi connectivity index (χ3v) is 4.49. The molecule has 0 unspecified atom stereocenters. The molecular formula is C24H18FN5O2. The molecular weight excluding hydrogens is 409 g/mol. The highest BCUT2D eigenvalue weighted by atomic mass is 19.1. The Morgan fingerprint density at radius 2 is 1.53 bits per heavy atom. The van der Waals surface area contributed by atoms with Crippen molar-refractivity contribution in [2.75, 3.05) is 5.32 Å². The molecule has 32 heavy (non-hydrogen) atoms. The van der Waals surface area contributed by atoms with Crippen molar-refractivity contribution in [3.05, 3.63) is 103 Å². The van der Waals surface area contributed by atoms with Gasteiger partial charge in [-0.3, -0.25) is 9.59 Å². The SMILES string of the molecule is O=C(NN=Cc1cn(-c2ccccc2)nc1-c1ccccc1)C(=O)Nc1ccc(F)cc1. The van der Waals surface area contributed by atoms with Crippen LogP contribution in [0.5, 0.6) is 0 Å². The third kappa shape index (κ3) is 4.93. The number of nitrogens with one attached hydrogen (secondary N) is 2. The number of carbonyl (C=O) groups excluding carboxylic acids is 2. The number of anilines is 1. The van der Waals surface area contributed by atoms with Crippen LogP contribution < -0.4 is 10.7 Å². The summed E-state index contributed by atoms with van der Waals surface area (Å²) in [5.74, 6) is -2.32. The number of hydrazone groups is 1. The van der Waals surface area contributed by atoms with Crippen molar-refractivity contribution in [2.24, 2.45) is 5.10 Å². The van der Waals surface area contributed by atoms with Gasteiger partial charge in [-0.1, -0.05) is 48.5 Å². The van der Waals surface area contributed by atoms with Gasteiger partial charge in [-0.2, -0.15) is 10.2 Å². The smallest absolute Gasteiger partial charge is 0.318 e. The summed E-state index contributed by atoms with van der Waals surface area (Å²) in [7, 11) is 0. The van der Waals surface area contributed by atoms with E-state index >= 15 is 0 Å². The lowest BCUT2D eigenvalue weighted by molar-refractivity contribution is -0.136. The lowest BCUT2D eigenvalue weighted by Gasteiger charge is -2.03. The maximum absolute atomic E-state index is 13.0. The number of amides is 2. The maximum Gasteiger partial charge on any atom is 0.329 e. The second kappa shape index (κ2) is 9.48. The second-order valence-electron chi connectivity index (χ2n) is 6.74. The molecule has 1 heterocycles. The van der Waals surface area contributed by atoms with E-state index in [1.165, 1.54) is 30.5 Å². The van der Waals surface area contributed by atoms with Crippen molar-refractivity contribution in [1.82, 2.24) is 15.2 Å². The summed E-state index contributed by atoms with van der Waals surface area (Å²) in [5.41, 5.74) is 5.56. The molecule has 0 bridgehead atoms. The molecule has 0 radical (unpaired) electrons. The highest BCUT2D eigenvalue weighted by molar-refractivity contribution is 6.39. The van der Waals surface area contributed by atoms with Crippen LogP contribution in [0.2, 0.25) is 0 Å². The quantitative estimate of drug-likeness (QED) is 0.289. The molecule has 1 aromatic heterocycles. The van der Waals surface area contributed by atoms with Crippen LogP contribution in [0.25, 0.3) is 16.9 Å². The lowest BCUT2D eigenvalue weighted by atomic mass is 10.1. The van der Waals surface area contributed by atoms with Crippen LogP contribution in [0.15, 0.2) is 96.2 Å². The fraction of sp³-hybridized carbons (Fsp3) is 0. The Bertz CT molecular complexity index is 1250. The average molecular weight is 427 g/mol. The molecule has 0 aliphatic rings. The molecule has 0 atom stereocenters. The molecule has 7 nitrogen and oxygen atoms in total. The van der Waals surface area contributed by atoms with Gasteiger partial charge < -0.3 is 5.32 Å². The first kappa shape index (κ1) is 20.7. The van der Waals surface area contributed by atoms with Gasteiger partial charge in [-0.15, -0.1) is 0 Å². The van der Waals surface area contributed by atoms with Crippen LogP contribution in [-0.2, 0) is 9.59 Å². The van der Waals surface area contributed by atoms with E-state index in [0.717, 1.165) is 11.3 Å². The van der Waals surface area contributed by atoms with E-state index in [9.17, 15) is 14.0 Å². The minimum absolute atomic E-state index is 0.297. The summed E-state index contributed by atoms with van der Waals surface area (Å²) in [5, 5.41) is 10.9. The maximum atomic E-state index is 13.0. The summed E-state index contributed by atoms with van der Waals surface area (Å²) < 4.78 is 14.7. The van der Waals surface area contributed by atoms with Crippen LogP contribution in [0.4, 0.5) is 10.1 Å². The first-order chi connectivity index (χ1) is 15.6. The number of aromatic nitrogens is 2. The first-order valence-corrected chi connectivity index (χ1v) is 9.70. The fourth-order valence-electron chi connectivity index (χ4n) is 2.95. The van der Waals surface area contributed by atoms with E-state index in [1.807, 2.05) is 60.7 Å². The molecule has 4 aromatic rings. The monoisotopic (exact) mass is 427 g/mol. The number of carbonyl (C=O) groups is 2. The summed E-state index contributed by atoms with van der Waals surface area (Å²) >= 11 is 0. The van der Waals surface area contributed by atoms with Crippen molar-refractivity contribution in [2.45, 2.75) is 0 Å². The molecule has 2 N–H and O–H groups in total. The second-order valence-corrected chi connectivity index (χ2v) is 6.74. The molecule has 3 aromatic carbocycles. The summed E-state index contributed by atoms with van der Waals surface area (Å²) in [6.07, 6.45) is 3.21. The minimum atomic E-state index is -0.956. The average Bonchev–Trinajstić information content (AvgIpc) is 3.26. The van der Waals surface area contributed by atoms with E-state index in [0.29, 0.717) is 16.9 Å². The zero-order chi connectivity index (χ0) is 22.3. The van der Waals surface area contributed by atoms with E-state index in [-0.39, 0.29) is 0 Å². The third-order valence-electron chi connectivity index (χ3n) is 4.49. The topological polar surface area (TPSA) is 88.4 Å². The zero-order valence-electron chi connectivity index (χ0n) is 16.8. The van der Waals surface area contributed by atoms with Gasteiger partial charge in [-0.05, 0) is 36.4 Å². The standard InChI is InChI=1S/C24H18FN5O2/c25-19-11-13-20(14-12-19)27-23(31)24(32)28-26-15-18-16-30(21-9-5-2-6-10-21)29-22(18)17-7-3-1-4-8-17/h1-16H,(H,27,31)(H,28,32). The van der Waals surface area contributed by atoms with Gasteiger partial charge in [0.15, 0.2) is 0 Å². The highest BCUT2D eigenvalue weighted by Crippen LogP contribution is 2.22. The Labute approximate surface area is 183 Å². The van der Waals surface area contributed by atoms with Crippen molar-refractivity contribution < 1.29 is 14.0 Å². The first-order valence-electron chi connectivity index (χ1n) is 9.70. The van der Waals surface area contributed by atoms with E-state index in [1.54, 1.807) is 10.9 Å². The van der Waals surface area contributed by atoms with Crippen LogP contribution in [0, 0.1) is 5.82 Å². The van der Waals surface area contributed by atoms with Crippen LogP contribution in [-0.4, -0.2) is 27.8 Å². The van der Waals surface area contributed by atoms with Crippen LogP contribution in [0.3, 0.4) is 0 Å². The van der Waals surface area contributed by atoms with Crippen LogP contribution >= 0.6 is 0 Å². The largest absolute Gasteiger partial charge is 0.329 e. The molecule has 0 fully saturated rings. The Balaban J connectivity index is 1.51. The molecule has 158 valence electrons. The molecule has 4 rings (SSSR count). The van der Waals surface area contributed by atoms with Crippen molar-refractivity contribution >= 4 is 23.7 Å². The number of hydrogen-bond donors (Lipinski definition) is 2. The van der Waals surface area contributed by atoms with E-state index in [2.05, 4.69) is 20.9 Å². The number of benzene rings is 3. The van der Waals surface area contributed by atoms with E-state index in [4.69, 9.17) is 0 Å². The Hall–Kier alpha value is -4.59. The number of nitrogens with zero attached hydrogens (tertiary/aromatic N) is 3. The molecule has 0 saturated heterocycles. The van der Waals surface area contributed by atoms with Crippen molar-refractivity contribution in [3.63, 3.8) is 0 Å². The zero-order valence-corrected chi connectivity index (χ0v) is 16.8. The molecule has 0 saturated carbocycles.